The van der Waals surface area contributed by atoms with Crippen molar-refractivity contribution in [2.75, 3.05) is 11.1 Å². The van der Waals surface area contributed by atoms with E-state index in [2.05, 4.69) is 15.3 Å². The number of hydrogen-bond donors (Lipinski definition) is 1. The molecule has 4 aromatic rings. The molecule has 0 saturated carbocycles. The molecule has 4 rings (SSSR count). The Hall–Kier alpha value is -2.75. The number of anilines is 1. The van der Waals surface area contributed by atoms with Gasteiger partial charge in [-0.1, -0.05) is 36.0 Å². The number of rotatable bonds is 8. The second-order valence-electron chi connectivity index (χ2n) is 7.17. The van der Waals surface area contributed by atoms with E-state index in [1.165, 1.54) is 23.1 Å². The molecule has 0 aliphatic heterocycles. The van der Waals surface area contributed by atoms with Crippen molar-refractivity contribution < 1.29 is 14.3 Å². The molecule has 0 saturated heterocycles. The Kier molecular flexibility index (Phi) is 7.19. The number of fused-ring (bicyclic) bond motifs is 1. The van der Waals surface area contributed by atoms with E-state index in [0.717, 1.165) is 31.4 Å². The van der Waals surface area contributed by atoms with Crippen LogP contribution in [0.1, 0.15) is 21.8 Å². The zero-order valence-electron chi connectivity index (χ0n) is 17.6. The van der Waals surface area contributed by atoms with Crippen LogP contribution in [-0.2, 0) is 27.4 Å². The van der Waals surface area contributed by atoms with Gasteiger partial charge in [0.1, 0.15) is 11.6 Å². The molecule has 2 aromatic carbocycles. The molecule has 0 radical (unpaired) electrons. The van der Waals surface area contributed by atoms with Gasteiger partial charge in [0.05, 0.1) is 28.1 Å². The van der Waals surface area contributed by atoms with Gasteiger partial charge < -0.3 is 10.1 Å². The number of benzene rings is 2. The van der Waals surface area contributed by atoms with E-state index in [1.54, 1.807) is 11.3 Å². The average Bonchev–Trinajstić information content (AvgIpc) is 3.39. The second kappa shape index (κ2) is 10.2. The molecule has 1 amide bonds. The minimum absolute atomic E-state index is 0.0916. The summed E-state index contributed by atoms with van der Waals surface area (Å²) in [6, 6.07) is 13.8. The Morgan fingerprint density at radius 3 is 2.81 bits per heavy atom. The lowest BCUT2D eigenvalue weighted by atomic mass is 10.1. The number of ether oxygens (including phenoxy) is 1. The van der Waals surface area contributed by atoms with E-state index >= 15 is 0 Å². The molecule has 0 aliphatic rings. The Balaban J connectivity index is 1.23. The van der Waals surface area contributed by atoms with Crippen LogP contribution in [0.3, 0.4) is 0 Å². The minimum Gasteiger partial charge on any atom is -0.459 e. The fraction of sp³-hybridized carbons (Fsp3) is 0.217. The van der Waals surface area contributed by atoms with Crippen molar-refractivity contribution in [3.63, 3.8) is 0 Å². The van der Waals surface area contributed by atoms with Gasteiger partial charge in [0.25, 0.3) is 0 Å². The van der Waals surface area contributed by atoms with Crippen LogP contribution >= 0.6 is 34.4 Å². The predicted molar refractivity (Wildman–Crippen MR) is 131 cm³/mol. The quantitative estimate of drug-likeness (QED) is 0.267. The van der Waals surface area contributed by atoms with Crippen LogP contribution in [-0.4, -0.2) is 27.6 Å². The molecule has 6 nitrogen and oxygen atoms in total. The first-order chi connectivity index (χ1) is 15.5. The molecule has 0 fully saturated rings. The number of aromatic nitrogens is 2. The van der Waals surface area contributed by atoms with E-state index in [1.807, 2.05) is 61.7 Å². The Morgan fingerprint density at radius 1 is 1.12 bits per heavy atom. The highest BCUT2D eigenvalue weighted by Crippen LogP contribution is 2.29. The van der Waals surface area contributed by atoms with Crippen LogP contribution in [0, 0.1) is 13.8 Å². The first kappa shape index (κ1) is 22.4. The molecule has 0 bridgehead atoms. The lowest BCUT2D eigenvalue weighted by Gasteiger charge is -2.08. The summed E-state index contributed by atoms with van der Waals surface area (Å²) in [6.45, 7) is 4.04. The summed E-state index contributed by atoms with van der Waals surface area (Å²) < 4.78 is 7.27. The normalized spacial score (nSPS) is 10.9. The number of esters is 1. The molecule has 2 heterocycles. The Labute approximate surface area is 198 Å². The number of hydrogen-bond acceptors (Lipinski definition) is 8. The van der Waals surface area contributed by atoms with Gasteiger partial charge in [-0.15, -0.1) is 22.7 Å². The highest BCUT2D eigenvalue weighted by molar-refractivity contribution is 8.01. The standard InChI is InChI=1S/C23H21N3O3S3/c1-14-7-8-15(2)18(9-14)25-20(27)10-21-24-16(12-30-21)11-29-22(28)13-31-23-26-17-5-3-4-6-19(17)32-23/h3-9,12H,10-11,13H2,1-2H3,(H,25,27). The van der Waals surface area contributed by atoms with Crippen LogP contribution in [0.25, 0.3) is 10.2 Å². The van der Waals surface area contributed by atoms with Crippen molar-refractivity contribution in [3.8, 4) is 0 Å². The van der Waals surface area contributed by atoms with Crippen molar-refractivity contribution in [3.05, 3.63) is 69.7 Å². The van der Waals surface area contributed by atoms with Gasteiger partial charge in [-0.3, -0.25) is 9.59 Å². The first-order valence-corrected chi connectivity index (χ1v) is 12.6. The van der Waals surface area contributed by atoms with Crippen LogP contribution in [0.2, 0.25) is 0 Å². The average molecular weight is 484 g/mol. The second-order valence-corrected chi connectivity index (χ2v) is 10.4. The Bertz CT molecular complexity index is 1230. The molecule has 0 unspecified atom stereocenters. The number of nitrogens with zero attached hydrogens (tertiary/aromatic N) is 2. The molecular weight excluding hydrogens is 462 g/mol. The summed E-state index contributed by atoms with van der Waals surface area (Å²) in [7, 11) is 0. The molecule has 0 aliphatic carbocycles. The van der Waals surface area contributed by atoms with Gasteiger partial charge in [-0.25, -0.2) is 9.97 Å². The van der Waals surface area contributed by atoms with Crippen LogP contribution in [0.15, 0.2) is 52.2 Å². The van der Waals surface area contributed by atoms with Crippen LogP contribution in [0.5, 0.6) is 0 Å². The maximum atomic E-state index is 12.4. The number of thioether (sulfide) groups is 1. The van der Waals surface area contributed by atoms with Crippen LogP contribution < -0.4 is 5.32 Å². The topological polar surface area (TPSA) is 81.2 Å². The number of carbonyl (C=O) groups excluding carboxylic acids is 2. The van der Waals surface area contributed by atoms with Crippen LogP contribution in [0.4, 0.5) is 5.69 Å². The summed E-state index contributed by atoms with van der Waals surface area (Å²) in [5.74, 6) is -0.255. The van der Waals surface area contributed by atoms with Crippen molar-refractivity contribution in [1.82, 2.24) is 9.97 Å². The van der Waals surface area contributed by atoms with E-state index < -0.39 is 0 Å². The van der Waals surface area contributed by atoms with E-state index in [-0.39, 0.29) is 30.7 Å². The van der Waals surface area contributed by atoms with Crippen molar-refractivity contribution in [1.29, 1.82) is 0 Å². The van der Waals surface area contributed by atoms with Gasteiger partial charge in [0, 0.05) is 11.1 Å². The van der Waals surface area contributed by atoms with Gasteiger partial charge in [-0.05, 0) is 43.2 Å². The fourth-order valence-electron chi connectivity index (χ4n) is 2.93. The third-order valence-electron chi connectivity index (χ3n) is 4.55. The smallest absolute Gasteiger partial charge is 0.316 e. The fourth-order valence-corrected chi connectivity index (χ4v) is 5.57. The molecule has 0 atom stereocenters. The van der Waals surface area contributed by atoms with E-state index in [9.17, 15) is 9.59 Å². The molecule has 2 aromatic heterocycles. The third-order valence-corrected chi connectivity index (χ3v) is 7.60. The Morgan fingerprint density at radius 2 is 1.97 bits per heavy atom. The van der Waals surface area contributed by atoms with Crippen molar-refractivity contribution >= 4 is 62.2 Å². The third kappa shape index (κ3) is 5.93. The minimum atomic E-state index is -0.323. The maximum absolute atomic E-state index is 12.4. The number of carbonyl (C=O) groups is 2. The number of para-hydroxylation sites is 1. The summed E-state index contributed by atoms with van der Waals surface area (Å²) in [5.41, 5.74) is 4.49. The van der Waals surface area contributed by atoms with E-state index in [0.29, 0.717) is 10.7 Å². The zero-order chi connectivity index (χ0) is 22.5. The van der Waals surface area contributed by atoms with Gasteiger partial charge in [0.15, 0.2) is 4.34 Å². The molecule has 164 valence electrons. The lowest BCUT2D eigenvalue weighted by molar-refractivity contribution is -0.141. The molecule has 0 spiro atoms. The maximum Gasteiger partial charge on any atom is 0.316 e. The van der Waals surface area contributed by atoms with Gasteiger partial charge >= 0.3 is 5.97 Å². The number of aryl methyl sites for hydroxylation is 2. The summed E-state index contributed by atoms with van der Waals surface area (Å²) >= 11 is 4.31. The zero-order valence-corrected chi connectivity index (χ0v) is 20.0. The van der Waals surface area contributed by atoms with E-state index in [4.69, 9.17) is 4.74 Å². The summed E-state index contributed by atoms with van der Waals surface area (Å²) in [4.78, 5) is 33.4. The number of nitrogens with one attached hydrogen (secondary N) is 1. The van der Waals surface area contributed by atoms with Crippen molar-refractivity contribution in [2.45, 2.75) is 31.2 Å². The number of thiazole rings is 2. The molecule has 9 heteroatoms. The SMILES string of the molecule is Cc1ccc(C)c(NC(=O)Cc2nc(COC(=O)CSc3nc4ccccc4s3)cs2)c1. The molecule has 32 heavy (non-hydrogen) atoms. The first-order valence-electron chi connectivity index (χ1n) is 9.90. The molecular formula is C23H21N3O3S3. The number of amides is 1. The highest BCUT2D eigenvalue weighted by Gasteiger charge is 2.12. The summed E-state index contributed by atoms with van der Waals surface area (Å²) in [6.07, 6.45) is 0.180. The lowest BCUT2D eigenvalue weighted by Crippen LogP contribution is -2.15. The van der Waals surface area contributed by atoms with Crippen molar-refractivity contribution in [2.24, 2.45) is 0 Å². The van der Waals surface area contributed by atoms with Gasteiger partial charge in [0.2, 0.25) is 5.91 Å². The highest BCUT2D eigenvalue weighted by atomic mass is 32.2. The summed E-state index contributed by atoms with van der Waals surface area (Å²) in [5, 5.41) is 5.43. The molecule has 1 N–H and O–H groups in total. The monoisotopic (exact) mass is 483 g/mol. The van der Waals surface area contributed by atoms with Gasteiger partial charge in [-0.2, -0.15) is 0 Å². The predicted octanol–water partition coefficient (Wildman–Crippen LogP) is 5.39. The largest absolute Gasteiger partial charge is 0.459 e.